The summed E-state index contributed by atoms with van der Waals surface area (Å²) in [5.41, 5.74) is 8.41. The lowest BCUT2D eigenvalue weighted by Crippen LogP contribution is -2.10. The second kappa shape index (κ2) is 7.06. The second-order valence-corrected chi connectivity index (χ2v) is 10.7. The van der Waals surface area contributed by atoms with Gasteiger partial charge in [-0.25, -0.2) is 0 Å². The Balaban J connectivity index is 1.77. The van der Waals surface area contributed by atoms with Crippen molar-refractivity contribution in [1.29, 1.82) is 0 Å². The molecule has 0 saturated carbocycles. The van der Waals surface area contributed by atoms with Crippen LogP contribution in [0.5, 0.6) is 0 Å². The molecule has 2 aromatic heterocycles. The van der Waals surface area contributed by atoms with Gasteiger partial charge in [0.1, 0.15) is 5.69 Å². The summed E-state index contributed by atoms with van der Waals surface area (Å²) in [6, 6.07) is 22.4. The van der Waals surface area contributed by atoms with Crippen molar-refractivity contribution in [2.75, 3.05) is 0 Å². The first kappa shape index (κ1) is 20.5. The molecule has 0 radical (unpaired) electrons. The van der Waals surface area contributed by atoms with Crippen molar-refractivity contribution in [2.45, 2.75) is 52.4 Å². The molecule has 0 atom stereocenters. The highest BCUT2D eigenvalue weighted by Gasteiger charge is 2.20. The summed E-state index contributed by atoms with van der Waals surface area (Å²) in [5, 5.41) is 13.4. The Kier molecular flexibility index (Phi) is 4.52. The van der Waals surface area contributed by atoms with E-state index in [1.165, 1.54) is 32.9 Å². The van der Waals surface area contributed by atoms with E-state index in [4.69, 9.17) is 0 Å². The number of fused-ring (bicyclic) bond motifs is 3. The molecule has 0 aliphatic heterocycles. The molecule has 0 aliphatic carbocycles. The van der Waals surface area contributed by atoms with E-state index in [2.05, 4.69) is 122 Å². The van der Waals surface area contributed by atoms with Gasteiger partial charge in [0.15, 0.2) is 0 Å². The van der Waals surface area contributed by atoms with Gasteiger partial charge in [0.05, 0.1) is 17.2 Å². The van der Waals surface area contributed by atoms with E-state index < -0.39 is 0 Å². The molecule has 32 heavy (non-hydrogen) atoms. The normalized spacial score (nSPS) is 12.7. The first-order valence-corrected chi connectivity index (χ1v) is 11.2. The summed E-state index contributed by atoms with van der Waals surface area (Å²) in [4.78, 5) is 0. The Morgan fingerprint density at radius 2 is 1.22 bits per heavy atom. The van der Waals surface area contributed by atoms with Crippen LogP contribution < -0.4 is 0 Å². The van der Waals surface area contributed by atoms with Crippen molar-refractivity contribution in [3.63, 3.8) is 0 Å². The van der Waals surface area contributed by atoms with Gasteiger partial charge in [-0.2, -0.15) is 15.4 Å². The molecule has 0 fully saturated rings. The quantitative estimate of drug-likeness (QED) is 0.328. The van der Waals surface area contributed by atoms with Crippen LogP contribution in [0.25, 0.3) is 38.8 Å². The minimum absolute atomic E-state index is 0.101. The molecule has 0 bridgehead atoms. The summed E-state index contributed by atoms with van der Waals surface area (Å²) in [6.45, 7) is 13.6. The third-order valence-corrected chi connectivity index (χ3v) is 6.33. The number of aromatic amines is 1. The number of nitrogens with one attached hydrogen (secondary N) is 1. The standard InChI is InChI=1S/C28H30N4/c1-27(2,3)19-9-13-25-22(15-19)23-16-20(28(4,5)6)10-14-26(23)32(25)21-11-7-18(8-12-21)24-17-29-31-30-24/h7-17H,1-6H3,(H,29,30,31). The van der Waals surface area contributed by atoms with Crippen molar-refractivity contribution in [3.05, 3.63) is 78.0 Å². The molecular formula is C28H30N4. The molecule has 0 saturated heterocycles. The molecule has 3 aromatic carbocycles. The number of aromatic nitrogens is 4. The average Bonchev–Trinajstić information content (AvgIpc) is 3.38. The lowest BCUT2D eigenvalue weighted by molar-refractivity contribution is 0.590. The topological polar surface area (TPSA) is 46.5 Å². The largest absolute Gasteiger partial charge is 0.309 e. The molecule has 0 aliphatic rings. The van der Waals surface area contributed by atoms with Crippen LogP contribution in [0.1, 0.15) is 52.7 Å². The van der Waals surface area contributed by atoms with Gasteiger partial charge in [-0.15, -0.1) is 0 Å². The zero-order valence-electron chi connectivity index (χ0n) is 19.7. The molecular weight excluding hydrogens is 392 g/mol. The molecule has 4 nitrogen and oxygen atoms in total. The van der Waals surface area contributed by atoms with Crippen LogP contribution in [0, 0.1) is 0 Å². The number of hydrogen-bond donors (Lipinski definition) is 1. The fourth-order valence-electron chi connectivity index (χ4n) is 4.36. The zero-order chi connectivity index (χ0) is 22.7. The van der Waals surface area contributed by atoms with Gasteiger partial charge < -0.3 is 4.57 Å². The van der Waals surface area contributed by atoms with Crippen molar-refractivity contribution >= 4 is 21.8 Å². The maximum Gasteiger partial charge on any atom is 0.112 e. The van der Waals surface area contributed by atoms with E-state index in [0.29, 0.717) is 0 Å². The number of nitrogens with zero attached hydrogens (tertiary/aromatic N) is 3. The zero-order valence-corrected chi connectivity index (χ0v) is 19.7. The number of benzene rings is 3. The highest BCUT2D eigenvalue weighted by atomic mass is 15.3. The summed E-state index contributed by atoms with van der Waals surface area (Å²) < 4.78 is 2.37. The van der Waals surface area contributed by atoms with Crippen LogP contribution in [0.4, 0.5) is 0 Å². The van der Waals surface area contributed by atoms with E-state index >= 15 is 0 Å². The van der Waals surface area contributed by atoms with Crippen molar-refractivity contribution in [1.82, 2.24) is 20.0 Å². The van der Waals surface area contributed by atoms with Crippen molar-refractivity contribution < 1.29 is 0 Å². The minimum atomic E-state index is 0.101. The number of hydrogen-bond acceptors (Lipinski definition) is 2. The van der Waals surface area contributed by atoms with Crippen LogP contribution in [-0.2, 0) is 10.8 Å². The van der Waals surface area contributed by atoms with E-state index in [1.54, 1.807) is 6.20 Å². The maximum absolute atomic E-state index is 4.20. The molecule has 5 aromatic rings. The SMILES string of the molecule is CC(C)(C)c1ccc2c(c1)c1cc(C(C)(C)C)ccc1n2-c1ccc(-c2cn[nH]n2)cc1. The molecule has 0 spiro atoms. The first-order chi connectivity index (χ1) is 15.1. The third-order valence-electron chi connectivity index (χ3n) is 6.33. The van der Waals surface area contributed by atoms with Gasteiger partial charge in [-0.3, -0.25) is 0 Å². The second-order valence-electron chi connectivity index (χ2n) is 10.7. The van der Waals surface area contributed by atoms with Crippen LogP contribution in [0.3, 0.4) is 0 Å². The smallest absolute Gasteiger partial charge is 0.112 e. The number of H-pyrrole nitrogens is 1. The Morgan fingerprint density at radius 3 is 1.66 bits per heavy atom. The fourth-order valence-corrected chi connectivity index (χ4v) is 4.36. The van der Waals surface area contributed by atoms with E-state index in [-0.39, 0.29) is 10.8 Å². The molecule has 1 N–H and O–H groups in total. The minimum Gasteiger partial charge on any atom is -0.309 e. The van der Waals surface area contributed by atoms with Gasteiger partial charge in [0.25, 0.3) is 0 Å². The van der Waals surface area contributed by atoms with E-state index in [9.17, 15) is 0 Å². The van der Waals surface area contributed by atoms with Crippen molar-refractivity contribution in [3.8, 4) is 16.9 Å². The predicted octanol–water partition coefficient (Wildman–Crippen LogP) is 7.16. The predicted molar refractivity (Wildman–Crippen MR) is 134 cm³/mol. The van der Waals surface area contributed by atoms with Crippen molar-refractivity contribution in [2.24, 2.45) is 0 Å². The first-order valence-electron chi connectivity index (χ1n) is 11.2. The summed E-state index contributed by atoms with van der Waals surface area (Å²) in [6.07, 6.45) is 1.75. The molecule has 0 amide bonds. The van der Waals surface area contributed by atoms with Gasteiger partial charge in [-0.05, 0) is 58.4 Å². The van der Waals surface area contributed by atoms with Gasteiger partial charge >= 0.3 is 0 Å². The maximum atomic E-state index is 4.20. The van der Waals surface area contributed by atoms with Gasteiger partial charge in [0.2, 0.25) is 0 Å². The highest BCUT2D eigenvalue weighted by Crippen LogP contribution is 2.37. The Labute approximate surface area is 189 Å². The Bertz CT molecular complexity index is 1340. The van der Waals surface area contributed by atoms with Crippen LogP contribution in [-0.4, -0.2) is 20.0 Å². The molecule has 162 valence electrons. The molecule has 0 unspecified atom stereocenters. The monoisotopic (exact) mass is 422 g/mol. The fraction of sp³-hybridized carbons (Fsp3) is 0.286. The van der Waals surface area contributed by atoms with Crippen LogP contribution in [0.2, 0.25) is 0 Å². The number of rotatable bonds is 2. The van der Waals surface area contributed by atoms with Crippen LogP contribution >= 0.6 is 0 Å². The summed E-state index contributed by atoms with van der Waals surface area (Å²) in [7, 11) is 0. The van der Waals surface area contributed by atoms with Gasteiger partial charge in [0, 0.05) is 22.0 Å². The lowest BCUT2D eigenvalue weighted by Gasteiger charge is -2.19. The summed E-state index contributed by atoms with van der Waals surface area (Å²) in [5.74, 6) is 0. The van der Waals surface area contributed by atoms with Crippen LogP contribution in [0.15, 0.2) is 66.9 Å². The van der Waals surface area contributed by atoms with E-state index in [0.717, 1.165) is 16.9 Å². The molecule has 5 rings (SSSR count). The Hall–Kier alpha value is -3.40. The lowest BCUT2D eigenvalue weighted by atomic mass is 9.85. The summed E-state index contributed by atoms with van der Waals surface area (Å²) >= 11 is 0. The molecule has 4 heteroatoms. The third kappa shape index (κ3) is 3.40. The van der Waals surface area contributed by atoms with E-state index in [1.807, 2.05) is 0 Å². The average molecular weight is 423 g/mol. The molecule has 2 heterocycles. The van der Waals surface area contributed by atoms with Gasteiger partial charge in [-0.1, -0.05) is 65.8 Å². The Morgan fingerprint density at radius 1 is 0.688 bits per heavy atom. The highest BCUT2D eigenvalue weighted by molar-refractivity contribution is 6.09.